The second kappa shape index (κ2) is 8.76. The topological polar surface area (TPSA) is 65.7 Å². The van der Waals surface area contributed by atoms with Gasteiger partial charge in [0.25, 0.3) is 0 Å². The van der Waals surface area contributed by atoms with Crippen LogP contribution in [0.2, 0.25) is 10.0 Å². The summed E-state index contributed by atoms with van der Waals surface area (Å²) in [6.45, 7) is 0.670. The van der Waals surface area contributed by atoms with E-state index < -0.39 is 0 Å². The summed E-state index contributed by atoms with van der Waals surface area (Å²) < 4.78 is 1.93. The van der Waals surface area contributed by atoms with Gasteiger partial charge >= 0.3 is 0 Å². The number of guanidine groups is 1. The molecule has 0 aliphatic carbocycles. The van der Waals surface area contributed by atoms with Crippen LogP contribution in [0.4, 0.5) is 11.6 Å². The molecule has 3 N–H and O–H groups in total. The summed E-state index contributed by atoms with van der Waals surface area (Å²) >= 11 is 11.9. The SMILES string of the molecule is Cl.N=C(Nc1ccc(Cl)c(Cl)c1)Nc1nccn1Cc1ccccc1. The van der Waals surface area contributed by atoms with Gasteiger partial charge in [-0.1, -0.05) is 53.5 Å². The van der Waals surface area contributed by atoms with Crippen molar-refractivity contribution in [1.29, 1.82) is 5.41 Å². The van der Waals surface area contributed by atoms with E-state index in [-0.39, 0.29) is 18.4 Å². The van der Waals surface area contributed by atoms with Crippen LogP contribution in [-0.4, -0.2) is 15.5 Å². The van der Waals surface area contributed by atoms with Crippen molar-refractivity contribution in [2.24, 2.45) is 0 Å². The highest BCUT2D eigenvalue weighted by molar-refractivity contribution is 6.42. The average Bonchev–Trinajstić information content (AvgIpc) is 2.99. The Kier molecular flexibility index (Phi) is 6.70. The lowest BCUT2D eigenvalue weighted by Gasteiger charge is -2.12. The molecule has 5 nitrogen and oxygen atoms in total. The first-order chi connectivity index (χ1) is 11.6. The molecule has 0 aliphatic heterocycles. The van der Waals surface area contributed by atoms with E-state index in [0.717, 1.165) is 5.56 Å². The molecule has 25 heavy (non-hydrogen) atoms. The molecule has 0 atom stereocenters. The second-order valence-corrected chi connectivity index (χ2v) is 5.93. The molecular formula is C17H16Cl3N5. The number of benzene rings is 2. The largest absolute Gasteiger partial charge is 0.326 e. The number of hydrogen-bond donors (Lipinski definition) is 3. The predicted octanol–water partition coefficient (Wildman–Crippen LogP) is 5.12. The zero-order chi connectivity index (χ0) is 16.9. The highest BCUT2D eigenvalue weighted by atomic mass is 35.5. The van der Waals surface area contributed by atoms with E-state index in [2.05, 4.69) is 15.6 Å². The van der Waals surface area contributed by atoms with Crippen LogP contribution < -0.4 is 10.6 Å². The van der Waals surface area contributed by atoms with Crippen LogP contribution in [-0.2, 0) is 6.54 Å². The Labute approximate surface area is 161 Å². The Hall–Kier alpha value is -2.21. The molecule has 130 valence electrons. The molecule has 0 unspecified atom stereocenters. The summed E-state index contributed by atoms with van der Waals surface area (Å²) in [5.74, 6) is 0.672. The maximum absolute atomic E-state index is 8.05. The van der Waals surface area contributed by atoms with Crippen molar-refractivity contribution >= 4 is 53.2 Å². The van der Waals surface area contributed by atoms with E-state index in [9.17, 15) is 0 Å². The average molecular weight is 397 g/mol. The first kappa shape index (κ1) is 19.1. The maximum Gasteiger partial charge on any atom is 0.209 e. The zero-order valence-electron chi connectivity index (χ0n) is 13.0. The Morgan fingerprint density at radius 1 is 1.04 bits per heavy atom. The number of halogens is 3. The molecule has 2 aromatic carbocycles. The summed E-state index contributed by atoms with van der Waals surface area (Å²) in [5.41, 5.74) is 1.82. The zero-order valence-corrected chi connectivity index (χ0v) is 15.4. The fourth-order valence-electron chi connectivity index (χ4n) is 2.20. The van der Waals surface area contributed by atoms with E-state index in [1.165, 1.54) is 0 Å². The number of hydrogen-bond acceptors (Lipinski definition) is 2. The van der Waals surface area contributed by atoms with Crippen LogP contribution in [0, 0.1) is 5.41 Å². The number of aromatic nitrogens is 2. The summed E-state index contributed by atoms with van der Waals surface area (Å²) in [7, 11) is 0. The van der Waals surface area contributed by atoms with Crippen molar-refractivity contribution in [1.82, 2.24) is 9.55 Å². The van der Waals surface area contributed by atoms with Crippen LogP contribution in [0.5, 0.6) is 0 Å². The Bertz CT molecular complexity index is 848. The van der Waals surface area contributed by atoms with Crippen molar-refractivity contribution in [2.75, 3.05) is 10.6 Å². The van der Waals surface area contributed by atoms with Gasteiger partial charge < -0.3 is 9.88 Å². The fourth-order valence-corrected chi connectivity index (χ4v) is 2.50. The summed E-state index contributed by atoms with van der Waals surface area (Å²) in [4.78, 5) is 4.25. The highest BCUT2D eigenvalue weighted by Crippen LogP contribution is 2.25. The predicted molar refractivity (Wildman–Crippen MR) is 106 cm³/mol. The van der Waals surface area contributed by atoms with Crippen molar-refractivity contribution in [2.45, 2.75) is 6.54 Å². The van der Waals surface area contributed by atoms with Gasteiger partial charge in [0, 0.05) is 18.1 Å². The van der Waals surface area contributed by atoms with Gasteiger partial charge in [0.15, 0.2) is 5.96 Å². The number of nitrogens with zero attached hydrogens (tertiary/aromatic N) is 2. The molecule has 1 heterocycles. The number of anilines is 2. The summed E-state index contributed by atoms with van der Waals surface area (Å²) in [6, 6.07) is 15.1. The molecule has 1 aromatic heterocycles. The molecule has 3 aromatic rings. The van der Waals surface area contributed by atoms with Crippen LogP contribution in [0.1, 0.15) is 5.56 Å². The van der Waals surface area contributed by atoms with E-state index in [0.29, 0.717) is 28.2 Å². The minimum Gasteiger partial charge on any atom is -0.326 e. The standard InChI is InChI=1S/C17H15Cl2N5.ClH/c18-14-7-6-13(10-15(14)19)22-16(20)23-17-21-8-9-24(17)11-12-4-2-1-3-5-12;/h1-10H,11H2,(H3,20,21,22,23);1H. The van der Waals surface area contributed by atoms with E-state index in [1.54, 1.807) is 24.4 Å². The maximum atomic E-state index is 8.05. The number of rotatable bonds is 4. The summed E-state index contributed by atoms with van der Waals surface area (Å²) in [6.07, 6.45) is 3.56. The molecule has 0 aliphatic rings. The van der Waals surface area contributed by atoms with Crippen molar-refractivity contribution < 1.29 is 0 Å². The Balaban J connectivity index is 0.00000225. The molecule has 0 amide bonds. The smallest absolute Gasteiger partial charge is 0.209 e. The molecule has 0 spiro atoms. The van der Waals surface area contributed by atoms with Crippen molar-refractivity contribution in [3.05, 3.63) is 76.5 Å². The molecule has 0 bridgehead atoms. The van der Waals surface area contributed by atoms with Gasteiger partial charge in [0.05, 0.1) is 16.6 Å². The monoisotopic (exact) mass is 395 g/mol. The third-order valence-electron chi connectivity index (χ3n) is 3.34. The van der Waals surface area contributed by atoms with Crippen LogP contribution in [0.25, 0.3) is 0 Å². The third kappa shape index (κ3) is 5.13. The van der Waals surface area contributed by atoms with Crippen molar-refractivity contribution in [3.8, 4) is 0 Å². The van der Waals surface area contributed by atoms with E-state index in [1.807, 2.05) is 41.1 Å². The lowest BCUT2D eigenvalue weighted by Crippen LogP contribution is -2.23. The minimum absolute atomic E-state index is 0. The van der Waals surface area contributed by atoms with Crippen LogP contribution in [0.3, 0.4) is 0 Å². The van der Waals surface area contributed by atoms with Crippen LogP contribution >= 0.6 is 35.6 Å². The molecule has 0 fully saturated rings. The first-order valence-electron chi connectivity index (χ1n) is 7.24. The lowest BCUT2D eigenvalue weighted by molar-refractivity contribution is 0.809. The number of nitrogens with one attached hydrogen (secondary N) is 3. The quantitative estimate of drug-likeness (QED) is 0.423. The molecule has 3 rings (SSSR count). The van der Waals surface area contributed by atoms with Gasteiger partial charge in [-0.15, -0.1) is 12.4 Å². The normalized spacial score (nSPS) is 10.0. The summed E-state index contributed by atoms with van der Waals surface area (Å²) in [5, 5.41) is 14.8. The van der Waals surface area contributed by atoms with Gasteiger partial charge in [0.2, 0.25) is 5.95 Å². The fraction of sp³-hybridized carbons (Fsp3) is 0.0588. The Morgan fingerprint density at radius 2 is 1.80 bits per heavy atom. The van der Waals surface area contributed by atoms with Gasteiger partial charge in [-0.25, -0.2) is 4.98 Å². The number of imidazole rings is 1. The first-order valence-corrected chi connectivity index (χ1v) is 8.00. The highest BCUT2D eigenvalue weighted by Gasteiger charge is 2.07. The molecular weight excluding hydrogens is 381 g/mol. The van der Waals surface area contributed by atoms with Crippen LogP contribution in [0.15, 0.2) is 60.9 Å². The van der Waals surface area contributed by atoms with Gasteiger partial charge in [0.1, 0.15) is 0 Å². The molecule has 0 saturated heterocycles. The van der Waals surface area contributed by atoms with E-state index in [4.69, 9.17) is 28.6 Å². The third-order valence-corrected chi connectivity index (χ3v) is 4.08. The minimum atomic E-state index is 0. The van der Waals surface area contributed by atoms with Gasteiger partial charge in [-0.3, -0.25) is 10.7 Å². The van der Waals surface area contributed by atoms with Crippen molar-refractivity contribution in [3.63, 3.8) is 0 Å². The van der Waals surface area contributed by atoms with Gasteiger partial charge in [-0.05, 0) is 23.8 Å². The molecule has 0 saturated carbocycles. The molecule has 0 radical (unpaired) electrons. The van der Waals surface area contributed by atoms with E-state index >= 15 is 0 Å². The second-order valence-electron chi connectivity index (χ2n) is 5.12. The molecule has 8 heteroatoms. The lowest BCUT2D eigenvalue weighted by atomic mass is 10.2. The van der Waals surface area contributed by atoms with Gasteiger partial charge in [-0.2, -0.15) is 0 Å². The Morgan fingerprint density at radius 3 is 2.52 bits per heavy atom.